The van der Waals surface area contributed by atoms with Crippen molar-refractivity contribution in [2.75, 3.05) is 5.43 Å². The summed E-state index contributed by atoms with van der Waals surface area (Å²) < 4.78 is 2.02. The number of fused-ring (bicyclic) bond motifs is 3. The number of para-hydroxylation sites is 2. The fourth-order valence-electron chi connectivity index (χ4n) is 3.54. The van der Waals surface area contributed by atoms with E-state index < -0.39 is 0 Å². The molecule has 0 saturated carbocycles. The number of hydrogen-bond donors (Lipinski definition) is 3. The zero-order valence-corrected chi connectivity index (χ0v) is 15.7. The third-order valence-corrected chi connectivity index (χ3v) is 4.94. The van der Waals surface area contributed by atoms with Gasteiger partial charge in [-0.05, 0) is 60.9 Å². The normalized spacial score (nSPS) is 11.3. The van der Waals surface area contributed by atoms with Gasteiger partial charge >= 0.3 is 0 Å². The van der Waals surface area contributed by atoms with Crippen LogP contribution < -0.4 is 9.83 Å². The summed E-state index contributed by atoms with van der Waals surface area (Å²) in [5.41, 5.74) is 9.36. The molecule has 0 aliphatic rings. The second-order valence-electron chi connectivity index (χ2n) is 6.58. The van der Waals surface area contributed by atoms with Crippen LogP contribution in [0.15, 0.2) is 53.6 Å². The third kappa shape index (κ3) is 2.83. The Morgan fingerprint density at radius 3 is 2.68 bits per heavy atom. The molecule has 0 aliphatic heterocycles. The summed E-state index contributed by atoms with van der Waals surface area (Å²) in [5, 5.41) is 23.6. The van der Waals surface area contributed by atoms with Gasteiger partial charge in [0.15, 0.2) is 0 Å². The van der Waals surface area contributed by atoms with E-state index in [9.17, 15) is 10.4 Å². The minimum Gasteiger partial charge on any atom is -0.508 e. The van der Waals surface area contributed by atoms with Gasteiger partial charge in [0.25, 0.3) is 5.82 Å². The first-order valence-corrected chi connectivity index (χ1v) is 9.10. The quantitative estimate of drug-likeness (QED) is 0.290. The minimum absolute atomic E-state index is 0.220. The number of pyridine rings is 1. The number of imidazole rings is 1. The Bertz CT molecular complexity index is 1250. The van der Waals surface area contributed by atoms with Gasteiger partial charge in [-0.25, -0.2) is 0 Å². The van der Waals surface area contributed by atoms with Crippen molar-refractivity contribution in [3.63, 3.8) is 0 Å². The molecule has 3 N–H and O–H groups in total. The van der Waals surface area contributed by atoms with E-state index in [-0.39, 0.29) is 5.75 Å². The molecule has 0 aliphatic carbocycles. The van der Waals surface area contributed by atoms with Crippen LogP contribution in [0.3, 0.4) is 0 Å². The van der Waals surface area contributed by atoms with Crippen LogP contribution in [0, 0.1) is 18.3 Å². The van der Waals surface area contributed by atoms with Gasteiger partial charge in [-0.2, -0.15) is 15.1 Å². The molecule has 4 aromatic rings. The van der Waals surface area contributed by atoms with E-state index in [0.29, 0.717) is 5.56 Å². The zero-order valence-electron chi connectivity index (χ0n) is 15.7. The van der Waals surface area contributed by atoms with Gasteiger partial charge in [-0.15, -0.1) is 5.10 Å². The van der Waals surface area contributed by atoms with Gasteiger partial charge in [0.1, 0.15) is 28.4 Å². The molecule has 0 bridgehead atoms. The maximum atomic E-state index is 9.75. The Balaban J connectivity index is 1.91. The fourth-order valence-corrected chi connectivity index (χ4v) is 3.54. The number of hydrogen-bond acceptors (Lipinski definition) is 4. The number of anilines is 1. The standard InChI is InChI=1S/C22H19N5O/c1-3-17-14(2)18(12-23)21-25-19-6-4-5-7-20(19)27(21)22(17)26-24-13-15-8-10-16(28)11-9-15/h4-11,13H,3H2,1-2H3,(H2,24,25,26,28)/p+1. The number of phenols is 1. The van der Waals surface area contributed by atoms with Crippen molar-refractivity contribution < 1.29 is 9.51 Å². The highest BCUT2D eigenvalue weighted by atomic mass is 16.3. The molecule has 6 heteroatoms. The maximum Gasteiger partial charge on any atom is 0.253 e. The summed E-state index contributed by atoms with van der Waals surface area (Å²) in [7, 11) is 0. The number of nitrogens with zero attached hydrogens (tertiary/aromatic N) is 3. The van der Waals surface area contributed by atoms with Crippen LogP contribution >= 0.6 is 0 Å². The molecule has 0 fully saturated rings. The van der Waals surface area contributed by atoms with Crippen LogP contribution in [-0.2, 0) is 6.42 Å². The number of phenolic OH excluding ortho intramolecular Hbond substituents is 1. The highest BCUT2D eigenvalue weighted by Crippen LogP contribution is 2.25. The van der Waals surface area contributed by atoms with E-state index in [4.69, 9.17) is 0 Å². The minimum atomic E-state index is 0.220. The van der Waals surface area contributed by atoms with Crippen molar-refractivity contribution in [3.8, 4) is 11.8 Å². The highest BCUT2D eigenvalue weighted by Gasteiger charge is 2.24. The first-order valence-electron chi connectivity index (χ1n) is 9.10. The van der Waals surface area contributed by atoms with E-state index in [1.807, 2.05) is 35.6 Å². The van der Waals surface area contributed by atoms with Gasteiger partial charge in [0.05, 0.1) is 6.21 Å². The number of aromatic amines is 1. The first kappa shape index (κ1) is 17.6. The lowest BCUT2D eigenvalue weighted by Gasteiger charge is -2.10. The highest BCUT2D eigenvalue weighted by molar-refractivity contribution is 5.81. The molecule has 6 nitrogen and oxygen atoms in total. The maximum absolute atomic E-state index is 9.75. The third-order valence-electron chi connectivity index (χ3n) is 4.94. The fraction of sp³-hybridized carbons (Fsp3) is 0.136. The molecule has 28 heavy (non-hydrogen) atoms. The van der Waals surface area contributed by atoms with Crippen LogP contribution in [-0.4, -0.2) is 16.3 Å². The number of nitrogens with one attached hydrogen (secondary N) is 2. The second kappa shape index (κ2) is 7.05. The van der Waals surface area contributed by atoms with Crippen LogP contribution in [0.5, 0.6) is 5.75 Å². The lowest BCUT2D eigenvalue weighted by atomic mass is 10.0. The number of rotatable bonds is 4. The number of benzene rings is 2. The zero-order chi connectivity index (χ0) is 19.7. The molecule has 4 rings (SSSR count). The topological polar surface area (TPSA) is 88.3 Å². The number of aromatic nitrogens is 2. The molecule has 138 valence electrons. The largest absolute Gasteiger partial charge is 0.508 e. The summed E-state index contributed by atoms with van der Waals surface area (Å²) in [5.74, 6) is 1.05. The Kier molecular flexibility index (Phi) is 4.42. The first-order chi connectivity index (χ1) is 13.6. The van der Waals surface area contributed by atoms with E-state index >= 15 is 0 Å². The molecular formula is C22H20N5O+. The van der Waals surface area contributed by atoms with Gasteiger partial charge in [-0.1, -0.05) is 19.1 Å². The molecule has 2 aromatic heterocycles. The number of hydrazone groups is 1. The molecule has 0 atom stereocenters. The van der Waals surface area contributed by atoms with Crippen molar-refractivity contribution >= 4 is 28.7 Å². The molecule has 0 saturated heterocycles. The SMILES string of the molecule is CCc1c(C)c(C#N)c2[nH]c3ccccc3[n+]2c1NN=Cc1ccc(O)cc1. The second-order valence-corrected chi connectivity index (χ2v) is 6.58. The van der Waals surface area contributed by atoms with Crippen molar-refractivity contribution in [3.05, 3.63) is 70.8 Å². The van der Waals surface area contributed by atoms with E-state index in [0.717, 1.165) is 45.6 Å². The summed E-state index contributed by atoms with van der Waals surface area (Å²) in [6, 6.07) is 17.1. The lowest BCUT2D eigenvalue weighted by Crippen LogP contribution is -2.28. The molecule has 0 unspecified atom stereocenters. The van der Waals surface area contributed by atoms with Crippen LogP contribution in [0.4, 0.5) is 5.82 Å². The van der Waals surface area contributed by atoms with Crippen LogP contribution in [0.25, 0.3) is 16.7 Å². The summed E-state index contributed by atoms with van der Waals surface area (Å²) >= 11 is 0. The predicted molar refractivity (Wildman–Crippen MR) is 110 cm³/mol. The molecule has 0 amide bonds. The molecular weight excluding hydrogens is 350 g/mol. The van der Waals surface area contributed by atoms with Gasteiger partial charge in [0, 0.05) is 5.56 Å². The van der Waals surface area contributed by atoms with Crippen molar-refractivity contribution in [2.24, 2.45) is 5.10 Å². The Hall–Kier alpha value is -3.85. The summed E-state index contributed by atoms with van der Waals surface area (Å²) in [4.78, 5) is 3.37. The molecule has 0 radical (unpaired) electrons. The van der Waals surface area contributed by atoms with Gasteiger partial charge in [-0.3, -0.25) is 4.98 Å². The Morgan fingerprint density at radius 1 is 1.21 bits per heavy atom. The van der Waals surface area contributed by atoms with Crippen molar-refractivity contribution in [2.45, 2.75) is 20.3 Å². The summed E-state index contributed by atoms with van der Waals surface area (Å²) in [6.07, 6.45) is 2.47. The molecule has 2 heterocycles. The molecule has 0 spiro atoms. The van der Waals surface area contributed by atoms with Crippen molar-refractivity contribution in [1.82, 2.24) is 4.98 Å². The number of nitriles is 1. The van der Waals surface area contributed by atoms with E-state index in [1.54, 1.807) is 30.5 Å². The molecule has 2 aromatic carbocycles. The smallest absolute Gasteiger partial charge is 0.253 e. The monoisotopic (exact) mass is 370 g/mol. The van der Waals surface area contributed by atoms with E-state index in [1.165, 1.54) is 0 Å². The Labute approximate surface area is 162 Å². The number of H-pyrrole nitrogens is 1. The lowest BCUT2D eigenvalue weighted by molar-refractivity contribution is -0.465. The van der Waals surface area contributed by atoms with Gasteiger partial charge in [0.2, 0.25) is 5.65 Å². The van der Waals surface area contributed by atoms with E-state index in [2.05, 4.69) is 28.5 Å². The van der Waals surface area contributed by atoms with Gasteiger partial charge < -0.3 is 5.11 Å². The average molecular weight is 370 g/mol. The Morgan fingerprint density at radius 2 is 1.96 bits per heavy atom. The van der Waals surface area contributed by atoms with Crippen LogP contribution in [0.2, 0.25) is 0 Å². The number of aromatic hydroxyl groups is 1. The average Bonchev–Trinajstić information content (AvgIpc) is 3.08. The van der Waals surface area contributed by atoms with Crippen molar-refractivity contribution in [1.29, 1.82) is 5.26 Å². The summed E-state index contributed by atoms with van der Waals surface area (Å²) in [6.45, 7) is 4.04. The predicted octanol–water partition coefficient (Wildman–Crippen LogP) is 3.80. The van der Waals surface area contributed by atoms with Crippen LogP contribution in [0.1, 0.15) is 29.2 Å².